The van der Waals surface area contributed by atoms with Crippen molar-refractivity contribution < 1.29 is 9.59 Å². The number of amides is 2. The lowest BCUT2D eigenvalue weighted by atomic mass is 10.1. The van der Waals surface area contributed by atoms with Crippen molar-refractivity contribution in [1.82, 2.24) is 0 Å². The molecule has 2 amide bonds. The molecular weight excluding hydrogens is 416 g/mol. The summed E-state index contributed by atoms with van der Waals surface area (Å²) in [6.45, 7) is 6.21. The smallest absolute Gasteiger partial charge is 0.229 e. The fourth-order valence-corrected chi connectivity index (χ4v) is 3.95. The van der Waals surface area contributed by atoms with E-state index in [1.54, 1.807) is 11.0 Å². The Kier molecular flexibility index (Phi) is 5.39. The standard InChI is InChI=1S/C20H20BrClN2O2/c1-11-5-4-6-12(2)19(11)24-10-14(9-17(24)25)20(26)23-16-8-7-15(21)18(22)13(16)3/h4-8,14H,9-10H2,1-3H3,(H,23,26)/t14-/m0/s1. The largest absolute Gasteiger partial charge is 0.325 e. The lowest BCUT2D eigenvalue weighted by Gasteiger charge is -2.21. The molecule has 1 aliphatic rings. The summed E-state index contributed by atoms with van der Waals surface area (Å²) in [5.74, 6) is -0.565. The monoisotopic (exact) mass is 434 g/mol. The van der Waals surface area contributed by atoms with Crippen molar-refractivity contribution >= 4 is 50.7 Å². The second-order valence-electron chi connectivity index (χ2n) is 6.67. The van der Waals surface area contributed by atoms with E-state index in [0.29, 0.717) is 17.3 Å². The molecule has 0 aliphatic carbocycles. The zero-order chi connectivity index (χ0) is 19.0. The lowest BCUT2D eigenvalue weighted by molar-refractivity contribution is -0.122. The molecule has 0 unspecified atom stereocenters. The highest BCUT2D eigenvalue weighted by Crippen LogP contribution is 2.33. The number of nitrogens with zero attached hydrogens (tertiary/aromatic N) is 1. The van der Waals surface area contributed by atoms with Crippen LogP contribution in [0.15, 0.2) is 34.8 Å². The number of carbonyl (C=O) groups is 2. The van der Waals surface area contributed by atoms with Crippen LogP contribution >= 0.6 is 27.5 Å². The van der Waals surface area contributed by atoms with Crippen LogP contribution in [-0.4, -0.2) is 18.4 Å². The van der Waals surface area contributed by atoms with Gasteiger partial charge in [0.1, 0.15) is 0 Å². The van der Waals surface area contributed by atoms with Crippen molar-refractivity contribution in [2.75, 3.05) is 16.8 Å². The van der Waals surface area contributed by atoms with E-state index in [1.807, 2.05) is 45.0 Å². The molecular formula is C20H20BrClN2O2. The van der Waals surface area contributed by atoms with Crippen LogP contribution in [0.25, 0.3) is 0 Å². The SMILES string of the molecule is Cc1cccc(C)c1N1C[C@@H](C(=O)Nc2ccc(Br)c(Cl)c2C)CC1=O. The first-order chi connectivity index (χ1) is 12.3. The highest BCUT2D eigenvalue weighted by atomic mass is 79.9. The van der Waals surface area contributed by atoms with Gasteiger partial charge in [-0.05, 0) is 65.5 Å². The molecule has 1 atom stereocenters. The van der Waals surface area contributed by atoms with Crippen molar-refractivity contribution in [3.05, 3.63) is 56.5 Å². The molecule has 2 aromatic carbocycles. The van der Waals surface area contributed by atoms with E-state index in [2.05, 4.69) is 21.2 Å². The van der Waals surface area contributed by atoms with Crippen LogP contribution in [0.1, 0.15) is 23.1 Å². The van der Waals surface area contributed by atoms with Gasteiger partial charge in [-0.15, -0.1) is 0 Å². The molecule has 6 heteroatoms. The summed E-state index contributed by atoms with van der Waals surface area (Å²) in [6, 6.07) is 9.54. The van der Waals surface area contributed by atoms with Gasteiger partial charge in [-0.25, -0.2) is 0 Å². The lowest BCUT2D eigenvalue weighted by Crippen LogP contribution is -2.29. The van der Waals surface area contributed by atoms with Crippen LogP contribution in [0.5, 0.6) is 0 Å². The molecule has 0 radical (unpaired) electrons. The summed E-state index contributed by atoms with van der Waals surface area (Å²) in [6.07, 6.45) is 0.211. The molecule has 0 saturated carbocycles. The molecule has 0 bridgehead atoms. The number of hydrogen-bond acceptors (Lipinski definition) is 2. The minimum atomic E-state index is -0.386. The maximum Gasteiger partial charge on any atom is 0.229 e. The molecule has 0 spiro atoms. The molecule has 1 saturated heterocycles. The van der Waals surface area contributed by atoms with Gasteiger partial charge in [0.15, 0.2) is 0 Å². The molecule has 1 N–H and O–H groups in total. The number of para-hydroxylation sites is 1. The van der Waals surface area contributed by atoms with Gasteiger partial charge in [-0.2, -0.15) is 0 Å². The van der Waals surface area contributed by atoms with Crippen LogP contribution < -0.4 is 10.2 Å². The third-order valence-corrected chi connectivity index (χ3v) is 6.18. The average molecular weight is 436 g/mol. The number of nitrogens with one attached hydrogen (secondary N) is 1. The van der Waals surface area contributed by atoms with Gasteiger partial charge >= 0.3 is 0 Å². The first-order valence-corrected chi connectivity index (χ1v) is 9.58. The fraction of sp³-hybridized carbons (Fsp3) is 0.300. The predicted octanol–water partition coefficient (Wildman–Crippen LogP) is 5.02. The first-order valence-electron chi connectivity index (χ1n) is 8.41. The molecule has 26 heavy (non-hydrogen) atoms. The van der Waals surface area contributed by atoms with Gasteiger partial charge in [0.2, 0.25) is 11.8 Å². The maximum absolute atomic E-state index is 12.7. The van der Waals surface area contributed by atoms with Crippen LogP contribution in [0, 0.1) is 26.7 Å². The Balaban J connectivity index is 1.79. The summed E-state index contributed by atoms with van der Waals surface area (Å²) < 4.78 is 0.784. The molecule has 3 rings (SSSR count). The number of halogens is 2. The molecule has 2 aromatic rings. The number of hydrogen-bond donors (Lipinski definition) is 1. The average Bonchev–Trinajstić information content (AvgIpc) is 2.97. The Morgan fingerprint density at radius 3 is 2.50 bits per heavy atom. The number of anilines is 2. The third kappa shape index (κ3) is 3.51. The van der Waals surface area contributed by atoms with Crippen LogP contribution in [0.3, 0.4) is 0 Å². The van der Waals surface area contributed by atoms with Crippen LogP contribution in [0.4, 0.5) is 11.4 Å². The topological polar surface area (TPSA) is 49.4 Å². The summed E-state index contributed by atoms with van der Waals surface area (Å²) in [4.78, 5) is 27.0. The Morgan fingerprint density at radius 1 is 1.19 bits per heavy atom. The Morgan fingerprint density at radius 2 is 1.85 bits per heavy atom. The van der Waals surface area contributed by atoms with E-state index in [4.69, 9.17) is 11.6 Å². The van der Waals surface area contributed by atoms with Gasteiger partial charge in [0, 0.05) is 28.8 Å². The zero-order valence-electron chi connectivity index (χ0n) is 14.9. The number of aryl methyl sites for hydroxylation is 2. The minimum absolute atomic E-state index is 0.0203. The second kappa shape index (κ2) is 7.41. The van der Waals surface area contributed by atoms with E-state index in [1.165, 1.54) is 0 Å². The van der Waals surface area contributed by atoms with Crippen molar-refractivity contribution in [3.63, 3.8) is 0 Å². The first kappa shape index (κ1) is 18.9. The van der Waals surface area contributed by atoms with Crippen LogP contribution in [-0.2, 0) is 9.59 Å². The molecule has 1 heterocycles. The van der Waals surface area contributed by atoms with Crippen molar-refractivity contribution in [3.8, 4) is 0 Å². The van der Waals surface area contributed by atoms with E-state index < -0.39 is 0 Å². The highest BCUT2D eigenvalue weighted by Gasteiger charge is 2.36. The molecule has 0 aromatic heterocycles. The molecule has 1 fully saturated rings. The minimum Gasteiger partial charge on any atom is -0.325 e. The summed E-state index contributed by atoms with van der Waals surface area (Å²) in [5.41, 5.74) is 4.45. The number of benzene rings is 2. The van der Waals surface area contributed by atoms with Crippen LogP contribution in [0.2, 0.25) is 5.02 Å². The van der Waals surface area contributed by atoms with Gasteiger partial charge in [-0.3, -0.25) is 9.59 Å². The quantitative estimate of drug-likeness (QED) is 0.736. The summed E-state index contributed by atoms with van der Waals surface area (Å²) in [5, 5.41) is 3.49. The molecule has 4 nitrogen and oxygen atoms in total. The predicted molar refractivity (Wildman–Crippen MR) is 109 cm³/mol. The van der Waals surface area contributed by atoms with E-state index >= 15 is 0 Å². The number of rotatable bonds is 3. The number of carbonyl (C=O) groups excluding carboxylic acids is 2. The van der Waals surface area contributed by atoms with E-state index in [9.17, 15) is 9.59 Å². The molecule has 136 valence electrons. The second-order valence-corrected chi connectivity index (χ2v) is 7.90. The molecule has 1 aliphatic heterocycles. The summed E-state index contributed by atoms with van der Waals surface area (Å²) in [7, 11) is 0. The van der Waals surface area contributed by atoms with Crippen molar-refractivity contribution in [2.24, 2.45) is 5.92 Å². The third-order valence-electron chi connectivity index (χ3n) is 4.80. The zero-order valence-corrected chi connectivity index (χ0v) is 17.2. The van der Waals surface area contributed by atoms with Gasteiger partial charge in [0.25, 0.3) is 0 Å². The van der Waals surface area contributed by atoms with Crippen molar-refractivity contribution in [2.45, 2.75) is 27.2 Å². The van der Waals surface area contributed by atoms with Crippen molar-refractivity contribution in [1.29, 1.82) is 0 Å². The summed E-state index contributed by atoms with van der Waals surface area (Å²) >= 11 is 9.60. The van der Waals surface area contributed by atoms with Gasteiger partial charge < -0.3 is 10.2 Å². The van der Waals surface area contributed by atoms with E-state index in [0.717, 1.165) is 26.9 Å². The highest BCUT2D eigenvalue weighted by molar-refractivity contribution is 9.10. The van der Waals surface area contributed by atoms with Gasteiger partial charge in [0.05, 0.1) is 10.9 Å². The normalized spacial score (nSPS) is 16.9. The maximum atomic E-state index is 12.7. The Hall–Kier alpha value is -1.85. The Labute approximate surface area is 166 Å². The Bertz CT molecular complexity index is 877. The van der Waals surface area contributed by atoms with E-state index in [-0.39, 0.29) is 24.2 Å². The van der Waals surface area contributed by atoms with Gasteiger partial charge in [-0.1, -0.05) is 29.8 Å². The fourth-order valence-electron chi connectivity index (χ4n) is 3.35.